The molecule has 0 aliphatic carbocycles. The van der Waals surface area contributed by atoms with Crippen LogP contribution in [-0.2, 0) is 4.79 Å². The molecule has 3 rings (SSSR count). The molecule has 1 saturated heterocycles. The summed E-state index contributed by atoms with van der Waals surface area (Å²) >= 11 is 0. The van der Waals surface area contributed by atoms with E-state index < -0.39 is 6.10 Å². The maximum absolute atomic E-state index is 12.5. The number of hydrogen-bond donors (Lipinski definition) is 2. The first-order valence-corrected chi connectivity index (χ1v) is 9.77. The molecule has 1 aliphatic heterocycles. The second-order valence-corrected chi connectivity index (χ2v) is 7.23. The number of quaternary nitrogens is 1. The van der Waals surface area contributed by atoms with Gasteiger partial charge >= 0.3 is 0 Å². The van der Waals surface area contributed by atoms with E-state index in [2.05, 4.69) is 6.92 Å². The van der Waals surface area contributed by atoms with Crippen molar-refractivity contribution in [2.24, 2.45) is 0 Å². The van der Waals surface area contributed by atoms with Gasteiger partial charge in [0.15, 0.2) is 0 Å². The molecule has 5 nitrogen and oxygen atoms in total. The van der Waals surface area contributed by atoms with Crippen LogP contribution in [0.15, 0.2) is 60.7 Å². The fraction of sp³-hybridized carbons (Fsp3) is 0.348. The van der Waals surface area contributed by atoms with Crippen LogP contribution in [0.1, 0.15) is 24.2 Å². The van der Waals surface area contributed by atoms with Crippen LogP contribution in [0.5, 0.6) is 5.75 Å². The molecule has 0 radical (unpaired) electrons. The number of halogens is 1. The normalized spacial score (nSPS) is 16.9. The first-order valence-electron chi connectivity index (χ1n) is 9.77. The first kappa shape index (κ1) is 22.9. The van der Waals surface area contributed by atoms with Crippen LogP contribution in [0.4, 0.5) is 0 Å². The van der Waals surface area contributed by atoms with Gasteiger partial charge in [0.2, 0.25) is 5.91 Å². The number of rotatable bonds is 6. The van der Waals surface area contributed by atoms with E-state index in [1.165, 1.54) is 4.90 Å². The van der Waals surface area contributed by atoms with Crippen LogP contribution in [-0.4, -0.2) is 55.2 Å². The predicted octanol–water partition coefficient (Wildman–Crippen LogP) is -1.44. The lowest BCUT2D eigenvalue weighted by atomic mass is 10.0. The molecule has 2 aromatic carbocycles. The molecule has 1 amide bonds. The predicted molar refractivity (Wildman–Crippen MR) is 110 cm³/mol. The number of amides is 1. The Morgan fingerprint density at radius 1 is 1.10 bits per heavy atom. The summed E-state index contributed by atoms with van der Waals surface area (Å²) in [5.41, 5.74) is 1.92. The highest BCUT2D eigenvalue weighted by molar-refractivity contribution is 5.91. The van der Waals surface area contributed by atoms with Gasteiger partial charge < -0.3 is 32.1 Å². The molecular formula is C23H29ClN2O3. The number of nitrogens with one attached hydrogen (secondary N) is 1. The summed E-state index contributed by atoms with van der Waals surface area (Å²) in [6.07, 6.45) is 2.98. The maximum Gasteiger partial charge on any atom is 0.246 e. The van der Waals surface area contributed by atoms with Crippen LogP contribution in [0.3, 0.4) is 0 Å². The number of hydrogen-bond acceptors (Lipinski definition) is 3. The molecule has 6 heteroatoms. The zero-order chi connectivity index (χ0) is 19.9. The van der Waals surface area contributed by atoms with Crippen molar-refractivity contribution in [2.75, 3.05) is 33.3 Å². The minimum atomic E-state index is -0.492. The number of carbonyl (C=O) groups is 1. The average Bonchev–Trinajstić information content (AvgIpc) is 2.77. The highest BCUT2D eigenvalue weighted by atomic mass is 35.5. The van der Waals surface area contributed by atoms with Gasteiger partial charge in [0.1, 0.15) is 17.9 Å². The zero-order valence-corrected chi connectivity index (χ0v) is 17.7. The fourth-order valence-corrected chi connectivity index (χ4v) is 3.62. The van der Waals surface area contributed by atoms with Gasteiger partial charge in [0, 0.05) is 6.08 Å². The molecule has 2 atom stereocenters. The van der Waals surface area contributed by atoms with E-state index in [4.69, 9.17) is 4.74 Å². The van der Waals surface area contributed by atoms with Gasteiger partial charge in [-0.1, -0.05) is 42.5 Å². The van der Waals surface area contributed by atoms with E-state index >= 15 is 0 Å². The van der Waals surface area contributed by atoms with E-state index in [1.807, 2.05) is 65.6 Å². The molecule has 0 bridgehead atoms. The molecule has 1 heterocycles. The number of methoxy groups -OCH3 is 1. The molecular weight excluding hydrogens is 388 g/mol. The largest absolute Gasteiger partial charge is 1.00 e. The Kier molecular flexibility index (Phi) is 8.70. The molecule has 0 aromatic heterocycles. The lowest BCUT2D eigenvalue weighted by molar-refractivity contribution is -0.931. The summed E-state index contributed by atoms with van der Waals surface area (Å²) in [5, 5.41) is 10.6. The van der Waals surface area contributed by atoms with Crippen LogP contribution < -0.4 is 22.0 Å². The summed E-state index contributed by atoms with van der Waals surface area (Å²) < 4.78 is 5.14. The molecule has 2 unspecified atom stereocenters. The highest BCUT2D eigenvalue weighted by Crippen LogP contribution is 2.15. The van der Waals surface area contributed by atoms with Crippen molar-refractivity contribution in [3.05, 3.63) is 71.8 Å². The number of carbonyl (C=O) groups excluding carboxylic acids is 1. The molecule has 1 fully saturated rings. The minimum absolute atomic E-state index is 0. The van der Waals surface area contributed by atoms with Gasteiger partial charge in [-0.3, -0.25) is 4.79 Å². The van der Waals surface area contributed by atoms with Crippen molar-refractivity contribution >= 4 is 12.0 Å². The monoisotopic (exact) mass is 416 g/mol. The number of aliphatic hydroxyl groups excluding tert-OH is 1. The first-order chi connectivity index (χ1) is 13.6. The number of piperazine rings is 1. The SMILES string of the molecule is COc1ccc(/C=C/C(=O)N2CC[NH+](C(C)C(O)c3ccccc3)CC2)cc1.[Cl-]. The molecule has 0 saturated carbocycles. The van der Waals surface area contributed by atoms with Gasteiger partial charge in [-0.2, -0.15) is 0 Å². The lowest BCUT2D eigenvalue weighted by Crippen LogP contribution is -3.18. The van der Waals surface area contributed by atoms with E-state index in [1.54, 1.807) is 13.2 Å². The number of benzene rings is 2. The van der Waals surface area contributed by atoms with Crippen LogP contribution >= 0.6 is 0 Å². The van der Waals surface area contributed by atoms with Gasteiger partial charge in [0.05, 0.1) is 33.3 Å². The Bertz CT molecular complexity index is 788. The van der Waals surface area contributed by atoms with Crippen LogP contribution in [0, 0.1) is 0 Å². The molecule has 29 heavy (non-hydrogen) atoms. The van der Waals surface area contributed by atoms with E-state index in [0.29, 0.717) is 13.1 Å². The van der Waals surface area contributed by atoms with Crippen molar-refractivity contribution < 1.29 is 31.9 Å². The number of nitrogens with zero attached hydrogens (tertiary/aromatic N) is 1. The third kappa shape index (κ3) is 6.07. The Morgan fingerprint density at radius 2 is 1.72 bits per heavy atom. The Labute approximate surface area is 179 Å². The van der Waals surface area contributed by atoms with Gasteiger partial charge in [-0.25, -0.2) is 0 Å². The molecule has 2 aromatic rings. The molecule has 1 aliphatic rings. The van der Waals surface area contributed by atoms with Crippen molar-refractivity contribution in [3.8, 4) is 5.75 Å². The lowest BCUT2D eigenvalue weighted by Gasteiger charge is -2.36. The summed E-state index contributed by atoms with van der Waals surface area (Å²) in [5.74, 6) is 0.834. The van der Waals surface area contributed by atoms with Crippen molar-refractivity contribution in [1.29, 1.82) is 0 Å². The van der Waals surface area contributed by atoms with Crippen molar-refractivity contribution in [2.45, 2.75) is 19.1 Å². The summed E-state index contributed by atoms with van der Waals surface area (Å²) in [7, 11) is 1.63. The van der Waals surface area contributed by atoms with Crippen molar-refractivity contribution in [1.82, 2.24) is 4.90 Å². The van der Waals surface area contributed by atoms with Crippen LogP contribution in [0.2, 0.25) is 0 Å². The molecule has 0 spiro atoms. The quantitative estimate of drug-likeness (QED) is 0.567. The maximum atomic E-state index is 12.5. The average molecular weight is 417 g/mol. The van der Waals surface area contributed by atoms with Crippen molar-refractivity contribution in [3.63, 3.8) is 0 Å². The summed E-state index contributed by atoms with van der Waals surface area (Å²) in [6.45, 7) is 5.16. The van der Waals surface area contributed by atoms with Gasteiger partial charge in [-0.15, -0.1) is 0 Å². The van der Waals surface area contributed by atoms with E-state index in [-0.39, 0.29) is 24.4 Å². The third-order valence-electron chi connectivity index (χ3n) is 5.51. The molecule has 156 valence electrons. The summed E-state index contributed by atoms with van der Waals surface area (Å²) in [4.78, 5) is 15.7. The zero-order valence-electron chi connectivity index (χ0n) is 16.9. The topological polar surface area (TPSA) is 54.2 Å². The third-order valence-corrected chi connectivity index (χ3v) is 5.51. The standard InChI is InChI=1S/C23H28N2O3.ClH/c1-18(23(27)20-6-4-3-5-7-20)24-14-16-25(17-15-24)22(26)13-10-19-8-11-21(28-2)12-9-19;/h3-13,18,23,27H,14-17H2,1-2H3;1H/b13-10+;. The van der Waals surface area contributed by atoms with E-state index in [0.717, 1.165) is 30.0 Å². The molecule has 2 N–H and O–H groups in total. The Balaban J connectivity index is 0.00000300. The Morgan fingerprint density at radius 3 is 2.31 bits per heavy atom. The van der Waals surface area contributed by atoms with Gasteiger partial charge in [-0.05, 0) is 36.3 Å². The highest BCUT2D eigenvalue weighted by Gasteiger charge is 2.30. The number of ether oxygens (including phenoxy) is 1. The van der Waals surface area contributed by atoms with Gasteiger partial charge in [0.25, 0.3) is 0 Å². The fourth-order valence-electron chi connectivity index (χ4n) is 3.62. The smallest absolute Gasteiger partial charge is 0.246 e. The second kappa shape index (κ2) is 11.0. The van der Waals surface area contributed by atoms with E-state index in [9.17, 15) is 9.90 Å². The minimum Gasteiger partial charge on any atom is -1.00 e. The van der Waals surface area contributed by atoms with Crippen LogP contribution in [0.25, 0.3) is 6.08 Å². The number of aliphatic hydroxyl groups is 1. The second-order valence-electron chi connectivity index (χ2n) is 7.23. The summed E-state index contributed by atoms with van der Waals surface area (Å²) in [6, 6.07) is 17.5. The Hall–Kier alpha value is -2.34.